The van der Waals surface area contributed by atoms with Gasteiger partial charge in [0.25, 0.3) is 5.56 Å². The molecule has 2 aromatic rings. The molecule has 0 amide bonds. The number of halogens is 1. The molecule has 0 saturated heterocycles. The lowest BCUT2D eigenvalue weighted by atomic mass is 10.2. The first-order chi connectivity index (χ1) is 8.13. The number of hydrogen-bond acceptors (Lipinski definition) is 4. The summed E-state index contributed by atoms with van der Waals surface area (Å²) in [6.07, 6.45) is 3.05. The standard InChI is InChI=1S/C11H10BrN3O2/c1-15-6-14-10(17-2)9(11(15)16)8-4-3-7(12)5-13-8/h3-6H,1-2H3. The van der Waals surface area contributed by atoms with E-state index >= 15 is 0 Å². The van der Waals surface area contributed by atoms with Crippen LogP contribution >= 0.6 is 15.9 Å². The zero-order chi connectivity index (χ0) is 12.4. The maximum absolute atomic E-state index is 12.0. The highest BCUT2D eigenvalue weighted by Gasteiger charge is 2.14. The van der Waals surface area contributed by atoms with Crippen molar-refractivity contribution in [3.63, 3.8) is 0 Å². The Morgan fingerprint density at radius 2 is 2.12 bits per heavy atom. The van der Waals surface area contributed by atoms with Crippen molar-refractivity contribution < 1.29 is 4.74 Å². The Balaban J connectivity index is 2.69. The van der Waals surface area contributed by atoms with Crippen molar-refractivity contribution >= 4 is 15.9 Å². The van der Waals surface area contributed by atoms with Gasteiger partial charge in [0.1, 0.15) is 11.9 Å². The smallest absolute Gasteiger partial charge is 0.266 e. The topological polar surface area (TPSA) is 57.0 Å². The van der Waals surface area contributed by atoms with E-state index in [9.17, 15) is 4.79 Å². The Kier molecular flexibility index (Phi) is 3.23. The molecule has 2 rings (SSSR count). The van der Waals surface area contributed by atoms with Crippen LogP contribution in [0.25, 0.3) is 11.3 Å². The molecule has 0 aliphatic rings. The van der Waals surface area contributed by atoms with Gasteiger partial charge in [-0.25, -0.2) is 4.98 Å². The number of rotatable bonds is 2. The molecular formula is C11H10BrN3O2. The fourth-order valence-electron chi connectivity index (χ4n) is 1.42. The van der Waals surface area contributed by atoms with Crippen molar-refractivity contribution in [1.82, 2.24) is 14.5 Å². The molecule has 0 atom stereocenters. The fourth-order valence-corrected chi connectivity index (χ4v) is 1.66. The number of ether oxygens (including phenoxy) is 1. The summed E-state index contributed by atoms with van der Waals surface area (Å²) < 4.78 is 7.33. The van der Waals surface area contributed by atoms with Crippen LogP contribution in [-0.4, -0.2) is 21.6 Å². The predicted molar refractivity (Wildman–Crippen MR) is 67.0 cm³/mol. The van der Waals surface area contributed by atoms with E-state index in [1.54, 1.807) is 19.3 Å². The second-order valence-corrected chi connectivity index (χ2v) is 4.32. The average Bonchev–Trinajstić information content (AvgIpc) is 2.34. The molecular weight excluding hydrogens is 286 g/mol. The second kappa shape index (κ2) is 4.67. The monoisotopic (exact) mass is 295 g/mol. The first-order valence-corrected chi connectivity index (χ1v) is 5.64. The Labute approximate surface area is 106 Å². The minimum absolute atomic E-state index is 0.188. The molecule has 0 aromatic carbocycles. The van der Waals surface area contributed by atoms with Crippen LogP contribution in [0.2, 0.25) is 0 Å². The van der Waals surface area contributed by atoms with Crippen molar-refractivity contribution in [3.05, 3.63) is 39.5 Å². The average molecular weight is 296 g/mol. The Hall–Kier alpha value is -1.69. The summed E-state index contributed by atoms with van der Waals surface area (Å²) >= 11 is 3.29. The van der Waals surface area contributed by atoms with Crippen molar-refractivity contribution in [2.45, 2.75) is 0 Å². The van der Waals surface area contributed by atoms with Crippen molar-refractivity contribution in [2.24, 2.45) is 7.05 Å². The van der Waals surface area contributed by atoms with Gasteiger partial charge in [-0.15, -0.1) is 0 Å². The van der Waals surface area contributed by atoms with Gasteiger partial charge in [-0.3, -0.25) is 9.78 Å². The van der Waals surface area contributed by atoms with Gasteiger partial charge >= 0.3 is 0 Å². The number of aryl methyl sites for hydroxylation is 1. The molecule has 0 fully saturated rings. The van der Waals surface area contributed by atoms with Gasteiger partial charge in [0.15, 0.2) is 0 Å². The fraction of sp³-hybridized carbons (Fsp3) is 0.182. The molecule has 0 unspecified atom stereocenters. The second-order valence-electron chi connectivity index (χ2n) is 3.41. The van der Waals surface area contributed by atoms with E-state index in [1.165, 1.54) is 18.0 Å². The van der Waals surface area contributed by atoms with Gasteiger partial charge in [-0.1, -0.05) is 0 Å². The molecule has 0 N–H and O–H groups in total. The lowest BCUT2D eigenvalue weighted by Crippen LogP contribution is -2.20. The van der Waals surface area contributed by atoms with E-state index in [1.807, 2.05) is 6.07 Å². The highest BCUT2D eigenvalue weighted by Crippen LogP contribution is 2.22. The molecule has 88 valence electrons. The van der Waals surface area contributed by atoms with E-state index in [2.05, 4.69) is 25.9 Å². The quantitative estimate of drug-likeness (QED) is 0.845. The zero-order valence-electron chi connectivity index (χ0n) is 9.35. The molecule has 17 heavy (non-hydrogen) atoms. The van der Waals surface area contributed by atoms with Crippen LogP contribution in [0.1, 0.15) is 0 Å². The highest BCUT2D eigenvalue weighted by atomic mass is 79.9. The molecule has 5 nitrogen and oxygen atoms in total. The van der Waals surface area contributed by atoms with Crippen LogP contribution in [0.5, 0.6) is 5.88 Å². The summed E-state index contributed by atoms with van der Waals surface area (Å²) in [4.78, 5) is 20.2. The lowest BCUT2D eigenvalue weighted by Gasteiger charge is -2.07. The molecule has 0 radical (unpaired) electrons. The lowest BCUT2D eigenvalue weighted by molar-refractivity contribution is 0.396. The van der Waals surface area contributed by atoms with Crippen LogP contribution in [0.15, 0.2) is 33.9 Å². The third-order valence-electron chi connectivity index (χ3n) is 2.27. The van der Waals surface area contributed by atoms with Crippen molar-refractivity contribution in [2.75, 3.05) is 7.11 Å². The van der Waals surface area contributed by atoms with Gasteiger partial charge in [0.2, 0.25) is 5.88 Å². The van der Waals surface area contributed by atoms with Crippen LogP contribution < -0.4 is 10.3 Å². The third kappa shape index (κ3) is 2.21. The van der Waals surface area contributed by atoms with E-state index in [4.69, 9.17) is 4.74 Å². The minimum Gasteiger partial charge on any atom is -0.480 e. The first-order valence-electron chi connectivity index (χ1n) is 4.85. The van der Waals surface area contributed by atoms with E-state index < -0.39 is 0 Å². The van der Waals surface area contributed by atoms with Crippen LogP contribution in [0.4, 0.5) is 0 Å². The molecule has 6 heteroatoms. The number of methoxy groups -OCH3 is 1. The Morgan fingerprint density at radius 1 is 1.35 bits per heavy atom. The van der Waals surface area contributed by atoms with Crippen LogP contribution in [0, 0.1) is 0 Å². The molecule has 2 heterocycles. The predicted octanol–water partition coefficient (Wildman–Crippen LogP) is 1.61. The van der Waals surface area contributed by atoms with Gasteiger partial charge in [0, 0.05) is 17.7 Å². The number of hydrogen-bond donors (Lipinski definition) is 0. The molecule has 0 spiro atoms. The van der Waals surface area contributed by atoms with Crippen molar-refractivity contribution in [3.8, 4) is 17.1 Å². The summed E-state index contributed by atoms with van der Waals surface area (Å²) in [5.41, 5.74) is 0.718. The molecule has 2 aromatic heterocycles. The molecule has 0 bridgehead atoms. The molecule has 0 aliphatic carbocycles. The SMILES string of the molecule is COc1ncn(C)c(=O)c1-c1ccc(Br)cn1. The van der Waals surface area contributed by atoms with Crippen LogP contribution in [-0.2, 0) is 7.05 Å². The minimum atomic E-state index is -0.188. The zero-order valence-corrected chi connectivity index (χ0v) is 10.9. The number of pyridine rings is 1. The normalized spacial score (nSPS) is 10.3. The summed E-state index contributed by atoms with van der Waals surface area (Å²) in [5.74, 6) is 0.280. The molecule has 0 aliphatic heterocycles. The van der Waals surface area contributed by atoms with E-state index in [0.29, 0.717) is 11.3 Å². The summed E-state index contributed by atoms with van der Waals surface area (Å²) in [6, 6.07) is 3.55. The van der Waals surface area contributed by atoms with Crippen LogP contribution in [0.3, 0.4) is 0 Å². The maximum Gasteiger partial charge on any atom is 0.266 e. The summed E-state index contributed by atoms with van der Waals surface area (Å²) in [5, 5.41) is 0. The van der Waals surface area contributed by atoms with Crippen molar-refractivity contribution in [1.29, 1.82) is 0 Å². The third-order valence-corrected chi connectivity index (χ3v) is 2.74. The summed E-state index contributed by atoms with van der Waals surface area (Å²) in [7, 11) is 3.11. The largest absolute Gasteiger partial charge is 0.480 e. The summed E-state index contributed by atoms with van der Waals surface area (Å²) in [6.45, 7) is 0. The highest BCUT2D eigenvalue weighted by molar-refractivity contribution is 9.10. The van der Waals surface area contributed by atoms with E-state index in [-0.39, 0.29) is 11.4 Å². The first kappa shape index (κ1) is 11.8. The number of nitrogens with zero attached hydrogens (tertiary/aromatic N) is 3. The van der Waals surface area contributed by atoms with Gasteiger partial charge in [0.05, 0.1) is 12.8 Å². The molecule has 0 saturated carbocycles. The van der Waals surface area contributed by atoms with Gasteiger partial charge in [-0.05, 0) is 28.1 Å². The number of aromatic nitrogens is 3. The maximum atomic E-state index is 12.0. The van der Waals surface area contributed by atoms with Gasteiger partial charge < -0.3 is 9.30 Å². The van der Waals surface area contributed by atoms with E-state index in [0.717, 1.165) is 4.47 Å². The van der Waals surface area contributed by atoms with Gasteiger partial charge in [-0.2, -0.15) is 0 Å². The Bertz CT molecular complexity index is 593. The Morgan fingerprint density at radius 3 is 2.71 bits per heavy atom.